The van der Waals surface area contributed by atoms with Crippen molar-refractivity contribution in [2.75, 3.05) is 19.8 Å². The molecule has 2 spiro atoms. The first-order valence-corrected chi connectivity index (χ1v) is 8.40. The quantitative estimate of drug-likeness (QED) is 0.737. The van der Waals surface area contributed by atoms with Crippen LogP contribution < -0.4 is 5.32 Å². The van der Waals surface area contributed by atoms with Crippen LogP contribution in [-0.4, -0.2) is 42.3 Å². The van der Waals surface area contributed by atoms with Crippen molar-refractivity contribution in [3.63, 3.8) is 0 Å². The van der Waals surface area contributed by atoms with Crippen LogP contribution >= 0.6 is 0 Å². The lowest BCUT2D eigenvalue weighted by atomic mass is 9.63. The van der Waals surface area contributed by atoms with Crippen molar-refractivity contribution in [1.82, 2.24) is 10.2 Å². The van der Waals surface area contributed by atoms with E-state index in [0.29, 0.717) is 12.0 Å². The molecule has 1 unspecified atom stereocenters. The van der Waals surface area contributed by atoms with Gasteiger partial charge in [-0.1, -0.05) is 19.3 Å². The number of hydrogen-bond donors (Lipinski definition) is 1. The Morgan fingerprint density at radius 3 is 2.55 bits per heavy atom. The summed E-state index contributed by atoms with van der Waals surface area (Å²) in [5, 5.41) is 3.34. The summed E-state index contributed by atoms with van der Waals surface area (Å²) in [6.45, 7) is 2.27. The number of nitrogens with zero attached hydrogens (tertiary/aromatic N) is 1. The second-order valence-electron chi connectivity index (χ2n) is 7.37. The SMILES string of the molecule is O=C1NC2(CCC3(CCCCC3)CC2)N2CCOCC12. The predicted molar refractivity (Wildman–Crippen MR) is 76.2 cm³/mol. The maximum absolute atomic E-state index is 12.2. The molecule has 112 valence electrons. The third kappa shape index (κ3) is 1.92. The molecule has 4 heteroatoms. The Morgan fingerprint density at radius 1 is 1.05 bits per heavy atom. The van der Waals surface area contributed by atoms with Gasteiger partial charge >= 0.3 is 0 Å². The van der Waals surface area contributed by atoms with E-state index < -0.39 is 0 Å². The molecule has 0 aromatic carbocycles. The molecule has 0 aromatic heterocycles. The van der Waals surface area contributed by atoms with Gasteiger partial charge < -0.3 is 10.1 Å². The lowest BCUT2D eigenvalue weighted by molar-refractivity contribution is -0.125. The number of fused-ring (bicyclic) bond motifs is 2. The zero-order valence-electron chi connectivity index (χ0n) is 12.3. The van der Waals surface area contributed by atoms with E-state index >= 15 is 0 Å². The summed E-state index contributed by atoms with van der Waals surface area (Å²) in [4.78, 5) is 14.6. The minimum Gasteiger partial charge on any atom is -0.378 e. The number of ether oxygens (including phenoxy) is 1. The number of morpholine rings is 1. The van der Waals surface area contributed by atoms with Crippen LogP contribution in [-0.2, 0) is 9.53 Å². The number of hydrogen-bond acceptors (Lipinski definition) is 3. The number of nitrogens with one attached hydrogen (secondary N) is 1. The van der Waals surface area contributed by atoms with Crippen molar-refractivity contribution in [3.8, 4) is 0 Å². The molecule has 0 bridgehead atoms. The highest BCUT2D eigenvalue weighted by atomic mass is 16.5. The fraction of sp³-hybridized carbons (Fsp3) is 0.938. The Bertz CT molecular complexity index is 393. The Kier molecular flexibility index (Phi) is 3.08. The van der Waals surface area contributed by atoms with Gasteiger partial charge in [0.05, 0.1) is 18.9 Å². The van der Waals surface area contributed by atoms with Crippen molar-refractivity contribution >= 4 is 5.91 Å². The van der Waals surface area contributed by atoms with Crippen LogP contribution in [0.1, 0.15) is 57.8 Å². The molecule has 4 nitrogen and oxygen atoms in total. The lowest BCUT2D eigenvalue weighted by Crippen LogP contribution is -2.58. The standard InChI is InChI=1S/C16H26N2O2/c19-14-13-12-20-11-10-18(13)16(17-14)8-6-15(7-9-16)4-2-1-3-5-15/h13H,1-12H2,(H,17,19). The minimum atomic E-state index is -0.0335. The van der Waals surface area contributed by atoms with Gasteiger partial charge in [-0.15, -0.1) is 0 Å². The second kappa shape index (κ2) is 4.70. The molecule has 4 aliphatic rings. The molecule has 1 atom stereocenters. The van der Waals surface area contributed by atoms with Gasteiger partial charge in [-0.3, -0.25) is 9.69 Å². The van der Waals surface area contributed by atoms with Gasteiger partial charge in [0.15, 0.2) is 0 Å². The van der Waals surface area contributed by atoms with Crippen LogP contribution in [0.4, 0.5) is 0 Å². The van der Waals surface area contributed by atoms with Crippen molar-refractivity contribution in [3.05, 3.63) is 0 Å². The Morgan fingerprint density at radius 2 is 1.80 bits per heavy atom. The molecule has 2 saturated carbocycles. The molecular weight excluding hydrogens is 252 g/mol. The summed E-state index contributed by atoms with van der Waals surface area (Å²) in [6, 6.07) is -0.0239. The van der Waals surface area contributed by atoms with Gasteiger partial charge in [0.1, 0.15) is 6.04 Å². The lowest BCUT2D eigenvalue weighted by Gasteiger charge is -2.50. The summed E-state index contributed by atoms with van der Waals surface area (Å²) in [5.41, 5.74) is 0.576. The highest BCUT2D eigenvalue weighted by Crippen LogP contribution is 2.51. The molecule has 4 fully saturated rings. The monoisotopic (exact) mass is 278 g/mol. The minimum absolute atomic E-state index is 0.0239. The third-order valence-corrected chi connectivity index (χ3v) is 6.39. The summed E-state index contributed by atoms with van der Waals surface area (Å²) >= 11 is 0. The fourth-order valence-corrected chi connectivity index (χ4v) is 5.13. The molecule has 4 rings (SSSR count). The van der Waals surface area contributed by atoms with Gasteiger partial charge in [0, 0.05) is 6.54 Å². The average Bonchev–Trinajstić information content (AvgIpc) is 2.78. The maximum Gasteiger partial charge on any atom is 0.241 e. The molecule has 2 aliphatic carbocycles. The second-order valence-corrected chi connectivity index (χ2v) is 7.37. The Balaban J connectivity index is 1.51. The van der Waals surface area contributed by atoms with E-state index in [1.807, 2.05) is 0 Å². The average molecular weight is 278 g/mol. The normalized spacial score (nSPS) is 36.0. The summed E-state index contributed by atoms with van der Waals surface area (Å²) < 4.78 is 5.50. The number of amides is 1. The Hall–Kier alpha value is -0.610. The van der Waals surface area contributed by atoms with Crippen LogP contribution in [0.5, 0.6) is 0 Å². The van der Waals surface area contributed by atoms with E-state index in [0.717, 1.165) is 26.0 Å². The van der Waals surface area contributed by atoms with Gasteiger partial charge in [0.2, 0.25) is 5.91 Å². The highest BCUT2D eigenvalue weighted by molar-refractivity contribution is 5.85. The Labute approximate surface area is 121 Å². The van der Waals surface area contributed by atoms with Crippen LogP contribution in [0, 0.1) is 5.41 Å². The van der Waals surface area contributed by atoms with Gasteiger partial charge in [0.25, 0.3) is 0 Å². The molecule has 2 aliphatic heterocycles. The molecule has 0 aromatic rings. The van der Waals surface area contributed by atoms with E-state index in [1.54, 1.807) is 0 Å². The van der Waals surface area contributed by atoms with E-state index in [9.17, 15) is 4.79 Å². The highest BCUT2D eigenvalue weighted by Gasteiger charge is 2.55. The third-order valence-electron chi connectivity index (χ3n) is 6.39. The smallest absolute Gasteiger partial charge is 0.241 e. The molecule has 0 radical (unpaired) electrons. The first-order chi connectivity index (χ1) is 9.73. The van der Waals surface area contributed by atoms with Crippen LogP contribution in [0.2, 0.25) is 0 Å². The summed E-state index contributed by atoms with van der Waals surface area (Å²) in [6.07, 6.45) is 12.0. The van der Waals surface area contributed by atoms with E-state index in [2.05, 4.69) is 10.2 Å². The maximum atomic E-state index is 12.2. The largest absolute Gasteiger partial charge is 0.378 e. The summed E-state index contributed by atoms with van der Waals surface area (Å²) in [5.74, 6) is 0.198. The first kappa shape index (κ1) is 13.1. The van der Waals surface area contributed by atoms with E-state index in [1.165, 1.54) is 44.9 Å². The van der Waals surface area contributed by atoms with Crippen LogP contribution in [0.15, 0.2) is 0 Å². The van der Waals surface area contributed by atoms with Crippen molar-refractivity contribution in [1.29, 1.82) is 0 Å². The number of carbonyl (C=O) groups is 1. The number of carbonyl (C=O) groups excluding carboxylic acids is 1. The van der Waals surface area contributed by atoms with E-state index in [-0.39, 0.29) is 17.6 Å². The van der Waals surface area contributed by atoms with Crippen molar-refractivity contribution < 1.29 is 9.53 Å². The van der Waals surface area contributed by atoms with Crippen molar-refractivity contribution in [2.45, 2.75) is 69.5 Å². The molecule has 2 heterocycles. The number of rotatable bonds is 0. The topological polar surface area (TPSA) is 41.6 Å². The summed E-state index contributed by atoms with van der Waals surface area (Å²) in [7, 11) is 0. The fourth-order valence-electron chi connectivity index (χ4n) is 5.13. The van der Waals surface area contributed by atoms with Gasteiger partial charge in [-0.05, 0) is 43.9 Å². The molecular formula is C16H26N2O2. The molecule has 1 N–H and O–H groups in total. The van der Waals surface area contributed by atoms with Crippen LogP contribution in [0.25, 0.3) is 0 Å². The molecule has 20 heavy (non-hydrogen) atoms. The predicted octanol–water partition coefficient (Wildman–Crippen LogP) is 2.04. The molecule has 2 saturated heterocycles. The van der Waals surface area contributed by atoms with Gasteiger partial charge in [-0.25, -0.2) is 0 Å². The van der Waals surface area contributed by atoms with E-state index in [4.69, 9.17) is 4.74 Å². The zero-order valence-corrected chi connectivity index (χ0v) is 12.3. The molecule has 1 amide bonds. The van der Waals surface area contributed by atoms with Crippen LogP contribution in [0.3, 0.4) is 0 Å². The zero-order chi connectivity index (χ0) is 13.6. The first-order valence-electron chi connectivity index (χ1n) is 8.40. The van der Waals surface area contributed by atoms with Gasteiger partial charge in [-0.2, -0.15) is 0 Å². The van der Waals surface area contributed by atoms with Crippen molar-refractivity contribution in [2.24, 2.45) is 5.41 Å².